The van der Waals surface area contributed by atoms with Gasteiger partial charge in [-0.05, 0) is 37.0 Å². The maximum Gasteiger partial charge on any atom is 0.128 e. The Morgan fingerprint density at radius 1 is 0.688 bits per heavy atom. The highest BCUT2D eigenvalue weighted by Crippen LogP contribution is 2.31. The maximum absolute atomic E-state index is 6.21. The van der Waals surface area contributed by atoms with E-state index in [0.29, 0.717) is 0 Å². The van der Waals surface area contributed by atoms with E-state index in [2.05, 4.69) is 48.1 Å². The molecule has 178 valence electrons. The first kappa shape index (κ1) is 26.4. The maximum atomic E-state index is 6.21. The zero-order valence-corrected chi connectivity index (χ0v) is 20.8. The minimum absolute atomic E-state index is 0.782. The van der Waals surface area contributed by atoms with Crippen LogP contribution in [0.4, 0.5) is 0 Å². The minimum Gasteiger partial charge on any atom is -0.493 e. The first-order valence-electron chi connectivity index (χ1n) is 13.4. The lowest BCUT2D eigenvalue weighted by molar-refractivity contribution is 0.305. The summed E-state index contributed by atoms with van der Waals surface area (Å²) >= 11 is 0. The molecule has 1 heterocycles. The van der Waals surface area contributed by atoms with Crippen molar-refractivity contribution in [3.8, 4) is 17.0 Å². The fourth-order valence-electron chi connectivity index (χ4n) is 4.26. The zero-order chi connectivity index (χ0) is 22.7. The molecule has 0 radical (unpaired) electrons. The van der Waals surface area contributed by atoms with Crippen LogP contribution >= 0.6 is 0 Å². The second-order valence-electron chi connectivity index (χ2n) is 9.09. The predicted molar refractivity (Wildman–Crippen MR) is 137 cm³/mol. The van der Waals surface area contributed by atoms with Crippen molar-refractivity contribution in [1.29, 1.82) is 0 Å². The number of ether oxygens (including phenoxy) is 1. The first-order chi connectivity index (χ1) is 15.9. The lowest BCUT2D eigenvalue weighted by atomic mass is 10.0. The van der Waals surface area contributed by atoms with Gasteiger partial charge in [0, 0.05) is 11.8 Å². The number of para-hydroxylation sites is 1. The third-order valence-electron chi connectivity index (χ3n) is 6.24. The lowest BCUT2D eigenvalue weighted by Crippen LogP contribution is -2.01. The van der Waals surface area contributed by atoms with Gasteiger partial charge in [-0.2, -0.15) is 0 Å². The molecule has 0 N–H and O–H groups in total. The quantitative estimate of drug-likeness (QED) is 0.205. The summed E-state index contributed by atoms with van der Waals surface area (Å²) in [5.41, 5.74) is 3.38. The second kappa shape index (κ2) is 17.6. The third kappa shape index (κ3) is 10.6. The molecule has 2 rings (SSSR count). The predicted octanol–water partition coefficient (Wildman–Crippen LogP) is 8.96. The summed E-state index contributed by atoms with van der Waals surface area (Å²) in [5, 5.41) is 0. The van der Waals surface area contributed by atoms with Crippen LogP contribution in [-0.2, 0) is 6.42 Å². The topological polar surface area (TPSA) is 35.0 Å². The molecule has 0 saturated heterocycles. The van der Waals surface area contributed by atoms with Gasteiger partial charge in [0.05, 0.1) is 12.3 Å². The Morgan fingerprint density at radius 3 is 1.97 bits per heavy atom. The lowest BCUT2D eigenvalue weighted by Gasteiger charge is -2.14. The van der Waals surface area contributed by atoms with Crippen molar-refractivity contribution in [2.45, 2.75) is 117 Å². The number of aryl methyl sites for hydroxylation is 1. The van der Waals surface area contributed by atoms with E-state index in [-0.39, 0.29) is 0 Å². The highest BCUT2D eigenvalue weighted by atomic mass is 16.5. The summed E-state index contributed by atoms with van der Waals surface area (Å²) in [4.78, 5) is 8.96. The molecule has 0 fully saturated rings. The van der Waals surface area contributed by atoms with E-state index in [4.69, 9.17) is 4.74 Å². The third-order valence-corrected chi connectivity index (χ3v) is 6.24. The van der Waals surface area contributed by atoms with E-state index >= 15 is 0 Å². The zero-order valence-electron chi connectivity index (χ0n) is 20.8. The summed E-state index contributed by atoms with van der Waals surface area (Å²) in [5.74, 6) is 0.954. The van der Waals surface area contributed by atoms with Crippen LogP contribution in [0.2, 0.25) is 0 Å². The standard InChI is InChI=1S/C29H46N2O/c1-3-5-7-9-11-13-15-19-23-32-28-22-18-17-21-27(28)29-26(24-30-25-31-29)20-16-14-12-10-8-6-4-2/h17-18,21-22,24-25H,3-16,19-20,23H2,1-2H3. The number of hydrogen-bond donors (Lipinski definition) is 0. The smallest absolute Gasteiger partial charge is 0.128 e. The van der Waals surface area contributed by atoms with Gasteiger partial charge in [0.15, 0.2) is 0 Å². The Hall–Kier alpha value is -1.90. The summed E-state index contributed by atoms with van der Waals surface area (Å²) < 4.78 is 6.21. The molecule has 0 amide bonds. The molecule has 0 atom stereocenters. The largest absolute Gasteiger partial charge is 0.493 e. The van der Waals surface area contributed by atoms with Crippen LogP contribution in [0, 0.1) is 0 Å². The molecule has 0 unspecified atom stereocenters. The second-order valence-corrected chi connectivity index (χ2v) is 9.09. The van der Waals surface area contributed by atoms with Crippen LogP contribution in [-0.4, -0.2) is 16.6 Å². The number of benzene rings is 1. The summed E-state index contributed by atoms with van der Waals surface area (Å²) in [6.45, 7) is 5.33. The highest BCUT2D eigenvalue weighted by molar-refractivity contribution is 5.69. The molecule has 1 aromatic heterocycles. The molecule has 3 heteroatoms. The molecule has 0 aliphatic heterocycles. The van der Waals surface area contributed by atoms with E-state index < -0.39 is 0 Å². The van der Waals surface area contributed by atoms with E-state index in [9.17, 15) is 0 Å². The molecule has 0 bridgehead atoms. The monoisotopic (exact) mass is 438 g/mol. The van der Waals surface area contributed by atoms with Gasteiger partial charge in [0.2, 0.25) is 0 Å². The minimum atomic E-state index is 0.782. The van der Waals surface area contributed by atoms with E-state index in [1.54, 1.807) is 6.33 Å². The van der Waals surface area contributed by atoms with Gasteiger partial charge in [-0.3, -0.25) is 0 Å². The fraction of sp³-hybridized carbons (Fsp3) is 0.655. The summed E-state index contributed by atoms with van der Waals surface area (Å²) in [7, 11) is 0. The van der Waals surface area contributed by atoms with Crippen molar-refractivity contribution in [2.24, 2.45) is 0 Å². The SMILES string of the molecule is CCCCCCCCCCOc1ccccc1-c1ncncc1CCCCCCCCC. The molecule has 3 nitrogen and oxygen atoms in total. The number of nitrogens with zero attached hydrogens (tertiary/aromatic N) is 2. The highest BCUT2D eigenvalue weighted by Gasteiger charge is 2.12. The van der Waals surface area contributed by atoms with Gasteiger partial charge >= 0.3 is 0 Å². The summed E-state index contributed by atoms with van der Waals surface area (Å²) in [6, 6.07) is 8.36. The molecule has 0 aliphatic rings. The van der Waals surface area contributed by atoms with Crippen molar-refractivity contribution >= 4 is 0 Å². The van der Waals surface area contributed by atoms with Crippen molar-refractivity contribution in [1.82, 2.24) is 9.97 Å². The average Bonchev–Trinajstić information content (AvgIpc) is 2.83. The Balaban J connectivity index is 1.81. The number of hydrogen-bond acceptors (Lipinski definition) is 3. The van der Waals surface area contributed by atoms with Gasteiger partial charge in [-0.15, -0.1) is 0 Å². The van der Waals surface area contributed by atoms with Crippen LogP contribution in [0.15, 0.2) is 36.8 Å². The average molecular weight is 439 g/mol. The van der Waals surface area contributed by atoms with E-state index in [1.807, 2.05) is 6.20 Å². The Kier molecular flexibility index (Phi) is 14.5. The fourth-order valence-corrected chi connectivity index (χ4v) is 4.26. The molecule has 0 spiro atoms. The number of rotatable bonds is 19. The van der Waals surface area contributed by atoms with Crippen molar-refractivity contribution in [3.63, 3.8) is 0 Å². The van der Waals surface area contributed by atoms with Crippen LogP contribution in [0.25, 0.3) is 11.3 Å². The molecule has 2 aromatic rings. The van der Waals surface area contributed by atoms with Crippen LogP contribution in [0.3, 0.4) is 0 Å². The van der Waals surface area contributed by atoms with Crippen molar-refractivity contribution in [3.05, 3.63) is 42.4 Å². The molecule has 0 aliphatic carbocycles. The van der Waals surface area contributed by atoms with Crippen LogP contribution < -0.4 is 4.74 Å². The number of unbranched alkanes of at least 4 members (excludes halogenated alkanes) is 13. The van der Waals surface area contributed by atoms with Crippen molar-refractivity contribution in [2.75, 3.05) is 6.61 Å². The molecule has 1 aromatic carbocycles. The van der Waals surface area contributed by atoms with Crippen molar-refractivity contribution < 1.29 is 4.74 Å². The van der Waals surface area contributed by atoms with Crippen LogP contribution in [0.1, 0.15) is 116 Å². The van der Waals surface area contributed by atoms with Gasteiger partial charge in [0.1, 0.15) is 12.1 Å². The molecule has 0 saturated carbocycles. The Bertz CT molecular complexity index is 716. The molecular weight excluding hydrogens is 392 g/mol. The van der Waals surface area contributed by atoms with E-state index in [0.717, 1.165) is 36.5 Å². The van der Waals surface area contributed by atoms with Gasteiger partial charge in [0.25, 0.3) is 0 Å². The molecule has 32 heavy (non-hydrogen) atoms. The number of aromatic nitrogens is 2. The summed E-state index contributed by atoms with van der Waals surface area (Å²) in [6.07, 6.45) is 24.5. The Morgan fingerprint density at radius 2 is 1.28 bits per heavy atom. The Labute approximate surface area is 197 Å². The van der Waals surface area contributed by atoms with Gasteiger partial charge < -0.3 is 4.74 Å². The van der Waals surface area contributed by atoms with E-state index in [1.165, 1.54) is 95.5 Å². The first-order valence-corrected chi connectivity index (χ1v) is 13.4. The normalized spacial score (nSPS) is 11.1. The van der Waals surface area contributed by atoms with Gasteiger partial charge in [-0.25, -0.2) is 9.97 Å². The van der Waals surface area contributed by atoms with Crippen LogP contribution in [0.5, 0.6) is 5.75 Å². The molecular formula is C29H46N2O. The van der Waals surface area contributed by atoms with Gasteiger partial charge in [-0.1, -0.05) is 109 Å².